The lowest BCUT2D eigenvalue weighted by molar-refractivity contribution is 0.448. The van der Waals surface area contributed by atoms with Crippen molar-refractivity contribution in [2.45, 2.75) is 11.8 Å². The van der Waals surface area contributed by atoms with E-state index in [4.69, 9.17) is 4.74 Å². The molecule has 17 heavy (non-hydrogen) atoms. The first-order chi connectivity index (χ1) is 8.19. The van der Waals surface area contributed by atoms with Gasteiger partial charge in [-0.15, -0.1) is 11.8 Å². The molecule has 3 nitrogen and oxygen atoms in total. The van der Waals surface area contributed by atoms with Gasteiger partial charge in [-0.25, -0.2) is 4.98 Å². The number of nitrogens with zero attached hydrogens (tertiary/aromatic N) is 2. The first kappa shape index (κ1) is 12.4. The van der Waals surface area contributed by atoms with Crippen molar-refractivity contribution in [3.8, 4) is 11.6 Å². The van der Waals surface area contributed by atoms with E-state index in [1.54, 1.807) is 17.8 Å². The van der Waals surface area contributed by atoms with Crippen LogP contribution in [0.25, 0.3) is 0 Å². The van der Waals surface area contributed by atoms with Crippen molar-refractivity contribution in [3.05, 3.63) is 40.8 Å². The van der Waals surface area contributed by atoms with Gasteiger partial charge in [0, 0.05) is 11.0 Å². The van der Waals surface area contributed by atoms with Crippen LogP contribution in [0.15, 0.2) is 39.8 Å². The quantitative estimate of drug-likeness (QED) is 0.632. The topological polar surface area (TPSA) is 35.0 Å². The van der Waals surface area contributed by atoms with Gasteiger partial charge in [0.2, 0.25) is 5.88 Å². The number of benzene rings is 1. The largest absolute Gasteiger partial charge is 0.438 e. The molecule has 0 atom stereocenters. The van der Waals surface area contributed by atoms with E-state index in [0.29, 0.717) is 11.7 Å². The minimum absolute atomic E-state index is 0.547. The predicted octanol–water partition coefficient (Wildman–Crippen LogP) is 4.06. The summed E-state index contributed by atoms with van der Waals surface area (Å²) in [5, 5.41) is 0. The van der Waals surface area contributed by atoms with Crippen LogP contribution in [0.3, 0.4) is 0 Å². The standard InChI is InChI=1S/C12H11BrN2OS/c1-8-14-11(13)7-12(15-8)16-9-5-3-4-6-10(9)17-2/h3-7H,1-2H3. The number of aryl methyl sites for hydroxylation is 1. The molecule has 1 aromatic carbocycles. The molecule has 0 fully saturated rings. The zero-order valence-corrected chi connectivity index (χ0v) is 11.9. The fourth-order valence-electron chi connectivity index (χ4n) is 1.37. The molecule has 0 N–H and O–H groups in total. The predicted molar refractivity (Wildman–Crippen MR) is 72.8 cm³/mol. The maximum Gasteiger partial charge on any atom is 0.223 e. The first-order valence-electron chi connectivity index (χ1n) is 5.01. The van der Waals surface area contributed by atoms with Crippen LogP contribution in [-0.2, 0) is 0 Å². The Morgan fingerprint density at radius 2 is 2.00 bits per heavy atom. The van der Waals surface area contributed by atoms with Gasteiger partial charge in [0.1, 0.15) is 16.2 Å². The third-order valence-corrected chi connectivity index (χ3v) is 3.25. The Kier molecular flexibility index (Phi) is 4.02. The van der Waals surface area contributed by atoms with Crippen LogP contribution in [0.1, 0.15) is 5.82 Å². The van der Waals surface area contributed by atoms with E-state index in [9.17, 15) is 0 Å². The average Bonchev–Trinajstić information content (AvgIpc) is 2.28. The molecule has 0 saturated heterocycles. The van der Waals surface area contributed by atoms with Crippen LogP contribution in [0, 0.1) is 6.92 Å². The van der Waals surface area contributed by atoms with Gasteiger partial charge in [-0.05, 0) is 41.2 Å². The number of hydrogen-bond acceptors (Lipinski definition) is 4. The third-order valence-electron chi connectivity index (χ3n) is 2.07. The molecular weight excluding hydrogens is 300 g/mol. The molecule has 1 aromatic heterocycles. The summed E-state index contributed by atoms with van der Waals surface area (Å²) in [7, 11) is 0. The fourth-order valence-corrected chi connectivity index (χ4v) is 2.35. The second-order valence-corrected chi connectivity index (χ2v) is 4.99. The maximum atomic E-state index is 5.76. The first-order valence-corrected chi connectivity index (χ1v) is 7.03. The normalized spacial score (nSPS) is 10.3. The molecule has 0 amide bonds. The monoisotopic (exact) mass is 310 g/mol. The highest BCUT2D eigenvalue weighted by molar-refractivity contribution is 9.10. The highest BCUT2D eigenvalue weighted by Crippen LogP contribution is 2.30. The lowest BCUT2D eigenvalue weighted by Crippen LogP contribution is -1.94. The Morgan fingerprint density at radius 3 is 2.71 bits per heavy atom. The van der Waals surface area contributed by atoms with Crippen molar-refractivity contribution in [2.24, 2.45) is 0 Å². The molecule has 0 aliphatic heterocycles. The molecule has 0 aliphatic carbocycles. The molecular formula is C12H11BrN2OS. The molecule has 1 heterocycles. The minimum Gasteiger partial charge on any atom is -0.438 e. The van der Waals surface area contributed by atoms with E-state index in [2.05, 4.69) is 25.9 Å². The zero-order chi connectivity index (χ0) is 12.3. The third kappa shape index (κ3) is 3.20. The van der Waals surface area contributed by atoms with Crippen molar-refractivity contribution in [1.82, 2.24) is 9.97 Å². The van der Waals surface area contributed by atoms with Gasteiger partial charge < -0.3 is 4.74 Å². The molecule has 0 aliphatic rings. The van der Waals surface area contributed by atoms with E-state index in [-0.39, 0.29) is 0 Å². The molecule has 88 valence electrons. The Morgan fingerprint density at radius 1 is 1.24 bits per heavy atom. The molecule has 0 saturated carbocycles. The van der Waals surface area contributed by atoms with E-state index in [1.165, 1.54) is 0 Å². The summed E-state index contributed by atoms with van der Waals surface area (Å²) in [5.41, 5.74) is 0. The van der Waals surface area contributed by atoms with E-state index in [1.807, 2.05) is 37.4 Å². The summed E-state index contributed by atoms with van der Waals surface area (Å²) in [4.78, 5) is 9.45. The van der Waals surface area contributed by atoms with Crippen molar-refractivity contribution in [3.63, 3.8) is 0 Å². The Bertz CT molecular complexity index is 513. The SMILES string of the molecule is CSc1ccccc1Oc1cc(Br)nc(C)n1. The number of ether oxygens (including phenoxy) is 1. The number of para-hydroxylation sites is 1. The number of halogens is 1. The Hall–Kier alpha value is -1.07. The minimum atomic E-state index is 0.547. The van der Waals surface area contributed by atoms with Crippen LogP contribution in [0.4, 0.5) is 0 Å². The Balaban J connectivity index is 2.31. The van der Waals surface area contributed by atoms with Gasteiger partial charge >= 0.3 is 0 Å². The summed E-state index contributed by atoms with van der Waals surface area (Å²) < 4.78 is 6.48. The molecule has 0 unspecified atom stereocenters. The van der Waals surface area contributed by atoms with Gasteiger partial charge in [-0.3, -0.25) is 0 Å². The summed E-state index contributed by atoms with van der Waals surface area (Å²) in [6.45, 7) is 1.83. The van der Waals surface area contributed by atoms with Crippen molar-refractivity contribution in [2.75, 3.05) is 6.26 Å². The Labute approximate surface area is 113 Å². The average molecular weight is 311 g/mol. The van der Waals surface area contributed by atoms with E-state index >= 15 is 0 Å². The van der Waals surface area contributed by atoms with Gasteiger partial charge in [-0.1, -0.05) is 12.1 Å². The lowest BCUT2D eigenvalue weighted by Gasteiger charge is -2.08. The number of rotatable bonds is 3. The number of hydrogen-bond donors (Lipinski definition) is 0. The molecule has 2 aromatic rings. The van der Waals surface area contributed by atoms with Gasteiger partial charge in [0.25, 0.3) is 0 Å². The van der Waals surface area contributed by atoms with Gasteiger partial charge in [-0.2, -0.15) is 4.98 Å². The van der Waals surface area contributed by atoms with Crippen LogP contribution >= 0.6 is 27.7 Å². The van der Waals surface area contributed by atoms with E-state index < -0.39 is 0 Å². The lowest BCUT2D eigenvalue weighted by atomic mass is 10.3. The van der Waals surface area contributed by atoms with Crippen LogP contribution in [-0.4, -0.2) is 16.2 Å². The summed E-state index contributed by atoms with van der Waals surface area (Å²) >= 11 is 4.97. The molecule has 2 rings (SSSR count). The highest BCUT2D eigenvalue weighted by atomic mass is 79.9. The molecule has 5 heteroatoms. The smallest absolute Gasteiger partial charge is 0.223 e. The zero-order valence-electron chi connectivity index (χ0n) is 9.48. The number of thioether (sulfide) groups is 1. The molecule has 0 radical (unpaired) electrons. The van der Waals surface area contributed by atoms with Crippen molar-refractivity contribution in [1.29, 1.82) is 0 Å². The van der Waals surface area contributed by atoms with Crippen molar-refractivity contribution < 1.29 is 4.74 Å². The number of aromatic nitrogens is 2. The highest BCUT2D eigenvalue weighted by Gasteiger charge is 2.06. The van der Waals surface area contributed by atoms with Gasteiger partial charge in [0.05, 0.1) is 0 Å². The van der Waals surface area contributed by atoms with Crippen molar-refractivity contribution >= 4 is 27.7 Å². The summed E-state index contributed by atoms with van der Waals surface area (Å²) in [5.74, 6) is 2.03. The second kappa shape index (κ2) is 5.51. The maximum absolute atomic E-state index is 5.76. The summed E-state index contributed by atoms with van der Waals surface area (Å²) in [6.07, 6.45) is 2.02. The summed E-state index contributed by atoms with van der Waals surface area (Å²) in [6, 6.07) is 9.63. The molecule has 0 bridgehead atoms. The van der Waals surface area contributed by atoms with Gasteiger partial charge in [0.15, 0.2) is 0 Å². The van der Waals surface area contributed by atoms with Crippen LogP contribution in [0.2, 0.25) is 0 Å². The second-order valence-electron chi connectivity index (χ2n) is 3.33. The van der Waals surface area contributed by atoms with E-state index in [0.717, 1.165) is 15.2 Å². The fraction of sp³-hybridized carbons (Fsp3) is 0.167. The van der Waals surface area contributed by atoms with Crippen LogP contribution < -0.4 is 4.74 Å². The van der Waals surface area contributed by atoms with Crippen LogP contribution in [0.5, 0.6) is 11.6 Å². The molecule has 0 spiro atoms.